The van der Waals surface area contributed by atoms with Crippen molar-refractivity contribution in [2.75, 3.05) is 7.11 Å². The molecule has 0 heterocycles. The average molecular weight is 286 g/mol. The molecule has 0 aliphatic carbocycles. The summed E-state index contributed by atoms with van der Waals surface area (Å²) in [7, 11) is 1.00. The summed E-state index contributed by atoms with van der Waals surface area (Å²) in [4.78, 5) is 0. The van der Waals surface area contributed by atoms with Gasteiger partial charge in [0.25, 0.3) is 0 Å². The van der Waals surface area contributed by atoms with Crippen molar-refractivity contribution in [1.82, 2.24) is 0 Å². The van der Waals surface area contributed by atoms with Gasteiger partial charge in [-0.15, -0.1) is 0 Å². The van der Waals surface area contributed by atoms with E-state index in [0.717, 1.165) is 18.6 Å². The second-order valence-electron chi connectivity index (χ2n) is 5.56. The van der Waals surface area contributed by atoms with Gasteiger partial charge in [-0.2, -0.15) is 0 Å². The first kappa shape index (κ1) is 17.3. The van der Waals surface area contributed by atoms with E-state index >= 15 is 0 Å². The lowest BCUT2D eigenvalue weighted by molar-refractivity contribution is 0.399. The van der Waals surface area contributed by atoms with Gasteiger partial charge in [-0.3, -0.25) is 0 Å². The van der Waals surface area contributed by atoms with Crippen LogP contribution in [-0.4, -0.2) is 12.2 Å². The van der Waals surface area contributed by atoms with Gasteiger partial charge < -0.3 is 9.84 Å². The third-order valence-electron chi connectivity index (χ3n) is 3.41. The average Bonchev–Trinajstić information content (AvgIpc) is 2.38. The second kappa shape index (κ2) is 7.28. The summed E-state index contributed by atoms with van der Waals surface area (Å²) in [6.45, 7) is 12.7. The van der Waals surface area contributed by atoms with Crippen molar-refractivity contribution in [3.8, 4) is 11.5 Å². The molecule has 0 aromatic heterocycles. The Labute approximate surface area is 128 Å². The molecule has 0 atom stereocenters. The number of rotatable bonds is 2. The van der Waals surface area contributed by atoms with Crippen molar-refractivity contribution in [3.63, 3.8) is 0 Å². The van der Waals surface area contributed by atoms with Crippen LogP contribution < -0.4 is 4.74 Å². The van der Waals surface area contributed by atoms with Crippen molar-refractivity contribution in [2.45, 2.75) is 41.5 Å². The summed E-state index contributed by atoms with van der Waals surface area (Å²) in [6.07, 6.45) is 0. The van der Waals surface area contributed by atoms with Crippen molar-refractivity contribution in [3.05, 3.63) is 57.6 Å². The van der Waals surface area contributed by atoms with Gasteiger partial charge in [0.1, 0.15) is 11.5 Å². The molecular formula is C19H26O2. The first-order valence-corrected chi connectivity index (χ1v) is 7.16. The molecule has 0 saturated carbocycles. The molecule has 0 fully saturated rings. The summed E-state index contributed by atoms with van der Waals surface area (Å²) < 4.78 is 6.21. The molecule has 0 unspecified atom stereocenters. The van der Waals surface area contributed by atoms with Gasteiger partial charge in [0.2, 0.25) is 0 Å². The van der Waals surface area contributed by atoms with Crippen molar-refractivity contribution < 1.29 is 9.84 Å². The van der Waals surface area contributed by atoms with Gasteiger partial charge in [0.05, 0.1) is 0 Å². The SMILES string of the molecule is CO.Cc1cc(C)c(Oc2c(C)cc(C)cc2C)c(C)c1. The zero-order chi connectivity index (χ0) is 16.2. The van der Waals surface area contributed by atoms with Gasteiger partial charge in [-0.1, -0.05) is 35.4 Å². The highest BCUT2D eigenvalue weighted by Gasteiger charge is 2.10. The molecule has 1 N–H and O–H groups in total. The highest BCUT2D eigenvalue weighted by Crippen LogP contribution is 2.34. The van der Waals surface area contributed by atoms with E-state index < -0.39 is 0 Å². The lowest BCUT2D eigenvalue weighted by Gasteiger charge is -2.17. The maximum atomic E-state index is 7.00. The van der Waals surface area contributed by atoms with Crippen LogP contribution in [0.15, 0.2) is 24.3 Å². The number of benzene rings is 2. The van der Waals surface area contributed by atoms with Gasteiger partial charge >= 0.3 is 0 Å². The number of aliphatic hydroxyl groups is 1. The van der Waals surface area contributed by atoms with E-state index in [0.29, 0.717) is 0 Å². The molecule has 114 valence electrons. The van der Waals surface area contributed by atoms with Crippen LogP contribution in [0.3, 0.4) is 0 Å². The largest absolute Gasteiger partial charge is 0.456 e. The summed E-state index contributed by atoms with van der Waals surface area (Å²) >= 11 is 0. The minimum absolute atomic E-state index is 0.987. The van der Waals surface area contributed by atoms with Crippen LogP contribution in [-0.2, 0) is 0 Å². The van der Waals surface area contributed by atoms with Crippen LogP contribution in [0.1, 0.15) is 33.4 Å². The molecule has 0 aliphatic heterocycles. The Hall–Kier alpha value is -1.80. The molecule has 2 nitrogen and oxygen atoms in total. The lowest BCUT2D eigenvalue weighted by Crippen LogP contribution is -1.96. The smallest absolute Gasteiger partial charge is 0.133 e. The van der Waals surface area contributed by atoms with Crippen LogP contribution in [0.25, 0.3) is 0 Å². The molecule has 2 aromatic carbocycles. The number of aryl methyl sites for hydroxylation is 6. The van der Waals surface area contributed by atoms with Crippen LogP contribution in [0.2, 0.25) is 0 Å². The molecule has 2 aromatic rings. The van der Waals surface area contributed by atoms with Gasteiger partial charge in [-0.05, 0) is 63.8 Å². The topological polar surface area (TPSA) is 29.5 Å². The van der Waals surface area contributed by atoms with Crippen molar-refractivity contribution in [2.24, 2.45) is 0 Å². The fourth-order valence-electron chi connectivity index (χ4n) is 2.76. The zero-order valence-corrected chi connectivity index (χ0v) is 14.2. The van der Waals surface area contributed by atoms with Crippen LogP contribution in [0, 0.1) is 41.5 Å². The maximum Gasteiger partial charge on any atom is 0.133 e. The first-order chi connectivity index (χ1) is 9.88. The molecule has 0 aliphatic rings. The molecule has 2 rings (SSSR count). The molecule has 0 radical (unpaired) electrons. The van der Waals surface area contributed by atoms with E-state index in [-0.39, 0.29) is 0 Å². The third-order valence-corrected chi connectivity index (χ3v) is 3.41. The Bertz CT molecular complexity index is 526. The number of hydrogen-bond donors (Lipinski definition) is 1. The van der Waals surface area contributed by atoms with Crippen molar-refractivity contribution in [1.29, 1.82) is 0 Å². The molecular weight excluding hydrogens is 260 g/mol. The van der Waals surface area contributed by atoms with Gasteiger partial charge in [-0.25, -0.2) is 0 Å². The predicted octanol–water partition coefficient (Wildman–Crippen LogP) is 4.94. The van der Waals surface area contributed by atoms with Crippen LogP contribution in [0.5, 0.6) is 11.5 Å². The van der Waals surface area contributed by atoms with Gasteiger partial charge in [0, 0.05) is 7.11 Å². The van der Waals surface area contributed by atoms with Crippen LogP contribution in [0.4, 0.5) is 0 Å². The maximum absolute atomic E-state index is 7.00. The van der Waals surface area contributed by atoms with E-state index in [1.807, 2.05) is 0 Å². The highest BCUT2D eigenvalue weighted by molar-refractivity contribution is 5.50. The minimum atomic E-state index is 0.987. The molecule has 0 saturated heterocycles. The molecule has 2 heteroatoms. The predicted molar refractivity (Wildman–Crippen MR) is 89.5 cm³/mol. The van der Waals surface area contributed by atoms with E-state index in [9.17, 15) is 0 Å². The van der Waals surface area contributed by atoms with Crippen molar-refractivity contribution >= 4 is 0 Å². The summed E-state index contributed by atoms with van der Waals surface area (Å²) in [6, 6.07) is 8.67. The zero-order valence-electron chi connectivity index (χ0n) is 14.2. The Morgan fingerprint density at radius 2 is 0.810 bits per heavy atom. The first-order valence-electron chi connectivity index (χ1n) is 7.16. The number of hydrogen-bond acceptors (Lipinski definition) is 2. The molecule has 0 amide bonds. The Balaban J connectivity index is 0.00000106. The summed E-state index contributed by atoms with van der Waals surface area (Å²) in [5.74, 6) is 1.97. The monoisotopic (exact) mass is 286 g/mol. The lowest BCUT2D eigenvalue weighted by atomic mass is 10.0. The van der Waals surface area contributed by atoms with Crippen LogP contribution >= 0.6 is 0 Å². The third kappa shape index (κ3) is 4.08. The Kier molecular flexibility index (Phi) is 5.98. The molecule has 0 bridgehead atoms. The minimum Gasteiger partial charge on any atom is -0.456 e. The van der Waals surface area contributed by atoms with E-state index in [2.05, 4.69) is 65.8 Å². The number of aliphatic hydroxyl groups excluding tert-OH is 1. The molecule has 21 heavy (non-hydrogen) atoms. The second-order valence-corrected chi connectivity index (χ2v) is 5.56. The Morgan fingerprint density at radius 3 is 1.05 bits per heavy atom. The normalized spacial score (nSPS) is 9.90. The summed E-state index contributed by atoms with van der Waals surface area (Å²) in [5, 5.41) is 7.00. The van der Waals surface area contributed by atoms with E-state index in [1.54, 1.807) is 0 Å². The quantitative estimate of drug-likeness (QED) is 0.847. The fraction of sp³-hybridized carbons (Fsp3) is 0.368. The number of ether oxygens (including phenoxy) is 1. The molecule has 0 spiro atoms. The van der Waals surface area contributed by atoms with E-state index in [1.165, 1.54) is 33.4 Å². The highest BCUT2D eigenvalue weighted by atomic mass is 16.5. The van der Waals surface area contributed by atoms with E-state index in [4.69, 9.17) is 9.84 Å². The Morgan fingerprint density at radius 1 is 0.571 bits per heavy atom. The summed E-state index contributed by atoms with van der Waals surface area (Å²) in [5.41, 5.74) is 7.32. The fourth-order valence-corrected chi connectivity index (χ4v) is 2.76. The standard InChI is InChI=1S/C18H22O.CH4O/c1-11-7-13(3)17(14(4)8-11)19-18-15(5)9-12(2)10-16(18)6;1-2/h7-10H,1-6H3;2H,1H3. The van der Waals surface area contributed by atoms with Gasteiger partial charge in [0.15, 0.2) is 0 Å².